The van der Waals surface area contributed by atoms with E-state index in [1.807, 2.05) is 0 Å². The Morgan fingerprint density at radius 2 is 1.89 bits per heavy atom. The van der Waals surface area contributed by atoms with Crippen molar-refractivity contribution < 1.29 is 28.9 Å². The number of amides is 2. The van der Waals surface area contributed by atoms with Gasteiger partial charge in [-0.3, -0.25) is 23.8 Å². The number of carboxylic acid groups (broad SMARTS) is 1. The lowest BCUT2D eigenvalue weighted by Crippen LogP contribution is -2.31. The quantitative estimate of drug-likeness (QED) is 0.408. The molecule has 106 valence electrons. The van der Waals surface area contributed by atoms with Crippen LogP contribution >= 0.6 is 7.52 Å². The van der Waals surface area contributed by atoms with Crippen molar-refractivity contribution in [2.24, 2.45) is 0 Å². The smallest absolute Gasteiger partial charge is 0.304 e. The van der Waals surface area contributed by atoms with E-state index in [-0.39, 0.29) is 32.1 Å². The molecule has 0 bridgehead atoms. The SMILES string of the molecule is O=C(O)CCNP(=O)(O)CCCN1C(=O)C=CC1=O. The van der Waals surface area contributed by atoms with E-state index >= 15 is 0 Å². The van der Waals surface area contributed by atoms with Crippen LogP contribution in [0.2, 0.25) is 0 Å². The lowest BCUT2D eigenvalue weighted by atomic mass is 10.4. The van der Waals surface area contributed by atoms with Crippen LogP contribution < -0.4 is 5.09 Å². The lowest BCUT2D eigenvalue weighted by Gasteiger charge is -2.16. The molecule has 0 spiro atoms. The first-order valence-corrected chi connectivity index (χ1v) is 7.48. The molecule has 1 aliphatic heterocycles. The van der Waals surface area contributed by atoms with Crippen LogP contribution in [0.3, 0.4) is 0 Å². The molecule has 0 aliphatic carbocycles. The largest absolute Gasteiger partial charge is 0.481 e. The van der Waals surface area contributed by atoms with Gasteiger partial charge >= 0.3 is 5.97 Å². The van der Waals surface area contributed by atoms with Crippen LogP contribution in [0, 0.1) is 0 Å². The number of aliphatic carboxylic acids is 1. The molecule has 8 nitrogen and oxygen atoms in total. The molecule has 0 aromatic heterocycles. The van der Waals surface area contributed by atoms with Crippen LogP contribution in [-0.2, 0) is 18.9 Å². The van der Waals surface area contributed by atoms with Gasteiger partial charge in [-0.25, -0.2) is 5.09 Å². The first-order chi connectivity index (χ1) is 8.82. The molecule has 0 fully saturated rings. The molecule has 1 unspecified atom stereocenters. The fourth-order valence-corrected chi connectivity index (χ4v) is 2.70. The highest BCUT2D eigenvalue weighted by atomic mass is 31.2. The minimum atomic E-state index is -3.63. The van der Waals surface area contributed by atoms with Crippen molar-refractivity contribution in [3.05, 3.63) is 12.2 Å². The molecule has 1 atom stereocenters. The number of nitrogens with one attached hydrogen (secondary N) is 1. The van der Waals surface area contributed by atoms with Crippen LogP contribution in [0.5, 0.6) is 0 Å². The van der Waals surface area contributed by atoms with Gasteiger partial charge in [-0.15, -0.1) is 0 Å². The fraction of sp³-hybridized carbons (Fsp3) is 0.500. The summed E-state index contributed by atoms with van der Waals surface area (Å²) in [6.07, 6.45) is 2.08. The van der Waals surface area contributed by atoms with Gasteiger partial charge in [0, 0.05) is 31.4 Å². The molecule has 0 aromatic rings. The van der Waals surface area contributed by atoms with Gasteiger partial charge in [0.05, 0.1) is 6.42 Å². The monoisotopic (exact) mass is 290 g/mol. The topological polar surface area (TPSA) is 124 Å². The predicted octanol–water partition coefficient (Wildman–Crippen LogP) is -0.449. The zero-order valence-electron chi connectivity index (χ0n) is 10.1. The Hall–Kier alpha value is -1.50. The van der Waals surface area contributed by atoms with Crippen LogP contribution in [0.1, 0.15) is 12.8 Å². The van der Waals surface area contributed by atoms with Gasteiger partial charge in [0.15, 0.2) is 0 Å². The second kappa shape index (κ2) is 6.60. The Labute approximate surface area is 109 Å². The van der Waals surface area contributed by atoms with E-state index in [9.17, 15) is 23.8 Å². The maximum atomic E-state index is 11.6. The van der Waals surface area contributed by atoms with E-state index in [0.29, 0.717) is 0 Å². The molecule has 1 rings (SSSR count). The molecule has 19 heavy (non-hydrogen) atoms. The Morgan fingerprint density at radius 1 is 1.32 bits per heavy atom. The highest BCUT2D eigenvalue weighted by Crippen LogP contribution is 2.35. The number of nitrogens with zero attached hydrogens (tertiary/aromatic N) is 1. The minimum Gasteiger partial charge on any atom is -0.481 e. The van der Waals surface area contributed by atoms with E-state index in [4.69, 9.17) is 5.11 Å². The van der Waals surface area contributed by atoms with Crippen molar-refractivity contribution in [1.29, 1.82) is 0 Å². The number of rotatable bonds is 8. The molecule has 9 heteroatoms. The maximum Gasteiger partial charge on any atom is 0.304 e. The summed E-state index contributed by atoms with van der Waals surface area (Å²) >= 11 is 0. The van der Waals surface area contributed by atoms with Gasteiger partial charge in [-0.2, -0.15) is 0 Å². The summed E-state index contributed by atoms with van der Waals surface area (Å²) in [7, 11) is -3.63. The maximum absolute atomic E-state index is 11.6. The fourth-order valence-electron chi connectivity index (χ4n) is 1.51. The van der Waals surface area contributed by atoms with Crippen molar-refractivity contribution >= 4 is 25.3 Å². The van der Waals surface area contributed by atoms with Gasteiger partial charge in [0.25, 0.3) is 19.3 Å². The van der Waals surface area contributed by atoms with E-state index < -0.39 is 25.3 Å². The normalized spacial score (nSPS) is 17.8. The zero-order chi connectivity index (χ0) is 14.5. The number of imide groups is 1. The molecule has 2 amide bonds. The van der Waals surface area contributed by atoms with E-state index in [1.165, 1.54) is 0 Å². The van der Waals surface area contributed by atoms with E-state index in [2.05, 4.69) is 5.09 Å². The first kappa shape index (κ1) is 15.6. The van der Waals surface area contributed by atoms with Gasteiger partial charge in [-0.05, 0) is 6.42 Å². The van der Waals surface area contributed by atoms with E-state index in [0.717, 1.165) is 17.1 Å². The van der Waals surface area contributed by atoms with Crippen LogP contribution in [0.4, 0.5) is 0 Å². The minimum absolute atomic E-state index is 0.0653. The molecule has 0 aromatic carbocycles. The zero-order valence-corrected chi connectivity index (χ0v) is 11.0. The molecule has 0 saturated heterocycles. The summed E-state index contributed by atoms with van der Waals surface area (Å²) < 4.78 is 11.6. The summed E-state index contributed by atoms with van der Waals surface area (Å²) in [6, 6.07) is 0. The standard InChI is InChI=1S/C10H15N2O6P/c13-8-2-3-9(14)12(8)6-1-7-19(17,18)11-5-4-10(15)16/h2-3H,1,4-7H2,(H,15,16)(H2,11,17,18). The first-order valence-electron chi connectivity index (χ1n) is 5.64. The molecule has 0 saturated carbocycles. The summed E-state index contributed by atoms with van der Waals surface area (Å²) in [5.41, 5.74) is 0. The van der Waals surface area contributed by atoms with Crippen molar-refractivity contribution in [3.63, 3.8) is 0 Å². The third-order valence-electron chi connectivity index (χ3n) is 2.44. The molecule has 1 heterocycles. The van der Waals surface area contributed by atoms with Crippen LogP contribution in [0.25, 0.3) is 0 Å². The van der Waals surface area contributed by atoms with Crippen molar-refractivity contribution in [2.45, 2.75) is 12.8 Å². The Balaban J connectivity index is 2.28. The Bertz CT molecular complexity index is 443. The number of hydrogen-bond acceptors (Lipinski definition) is 4. The third-order valence-corrected chi connectivity index (χ3v) is 4.08. The second-order valence-corrected chi connectivity index (χ2v) is 6.16. The number of carbonyl (C=O) groups is 3. The molecular weight excluding hydrogens is 275 g/mol. The summed E-state index contributed by atoms with van der Waals surface area (Å²) in [5, 5.41) is 10.7. The van der Waals surface area contributed by atoms with Crippen molar-refractivity contribution in [2.75, 3.05) is 19.3 Å². The summed E-state index contributed by atoms with van der Waals surface area (Å²) in [5.74, 6) is -1.93. The summed E-state index contributed by atoms with van der Waals surface area (Å²) in [4.78, 5) is 43.1. The molecular formula is C10H15N2O6P. The molecule has 1 aliphatic rings. The average molecular weight is 290 g/mol. The highest BCUT2D eigenvalue weighted by molar-refractivity contribution is 7.55. The number of carbonyl (C=O) groups excluding carboxylic acids is 2. The number of hydrogen-bond donors (Lipinski definition) is 3. The number of carboxylic acids is 1. The Morgan fingerprint density at radius 3 is 2.42 bits per heavy atom. The average Bonchev–Trinajstić information content (AvgIpc) is 2.59. The van der Waals surface area contributed by atoms with Crippen LogP contribution in [-0.4, -0.2) is 51.9 Å². The van der Waals surface area contributed by atoms with Gasteiger partial charge in [-0.1, -0.05) is 0 Å². The van der Waals surface area contributed by atoms with Gasteiger partial charge in [0.1, 0.15) is 0 Å². The molecule has 0 radical (unpaired) electrons. The van der Waals surface area contributed by atoms with Gasteiger partial charge < -0.3 is 10.00 Å². The highest BCUT2D eigenvalue weighted by Gasteiger charge is 2.24. The third kappa shape index (κ3) is 5.34. The Kier molecular flexibility index (Phi) is 5.41. The van der Waals surface area contributed by atoms with Gasteiger partial charge in [0.2, 0.25) is 0 Å². The van der Waals surface area contributed by atoms with E-state index in [1.54, 1.807) is 0 Å². The second-order valence-electron chi connectivity index (χ2n) is 3.99. The van der Waals surface area contributed by atoms with Crippen molar-refractivity contribution in [3.8, 4) is 0 Å². The molecule has 3 N–H and O–H groups in total. The van der Waals surface area contributed by atoms with Crippen LogP contribution in [0.15, 0.2) is 12.2 Å². The lowest BCUT2D eigenvalue weighted by molar-refractivity contribution is -0.138. The summed E-state index contributed by atoms with van der Waals surface area (Å²) in [6.45, 7) is -0.0396. The predicted molar refractivity (Wildman–Crippen MR) is 65.4 cm³/mol. The van der Waals surface area contributed by atoms with Crippen molar-refractivity contribution in [1.82, 2.24) is 9.99 Å².